The number of carbonyl (C=O) groups is 1. The van der Waals surface area contributed by atoms with Gasteiger partial charge in [-0.3, -0.25) is 20.3 Å². The molecule has 0 saturated heterocycles. The normalized spacial score (nSPS) is 10.6. The van der Waals surface area contributed by atoms with Crippen LogP contribution in [0.3, 0.4) is 0 Å². The number of benzene rings is 3. The van der Waals surface area contributed by atoms with Crippen molar-refractivity contribution >= 4 is 40.8 Å². The molecule has 0 aliphatic rings. The molecule has 0 aliphatic carbocycles. The summed E-state index contributed by atoms with van der Waals surface area (Å²) in [7, 11) is 0. The summed E-state index contributed by atoms with van der Waals surface area (Å²) in [6.07, 6.45) is 1.50. The highest BCUT2D eigenvalue weighted by atomic mass is 35.5. The number of nitro benzene ring substituents is 1. The molecular weight excluding hydrogens is 380 g/mol. The minimum absolute atomic E-state index is 0.0691. The summed E-state index contributed by atoms with van der Waals surface area (Å²) in [5.74, 6) is -0.322. The molecule has 3 aromatic carbocycles. The van der Waals surface area contributed by atoms with Crippen LogP contribution in [0.2, 0.25) is 5.02 Å². The van der Waals surface area contributed by atoms with Crippen LogP contribution in [0, 0.1) is 10.1 Å². The zero-order chi connectivity index (χ0) is 19.9. The van der Waals surface area contributed by atoms with Crippen LogP contribution in [-0.4, -0.2) is 17.0 Å². The van der Waals surface area contributed by atoms with Gasteiger partial charge in [0.25, 0.3) is 11.6 Å². The van der Waals surface area contributed by atoms with E-state index in [0.29, 0.717) is 21.8 Å². The first-order valence-corrected chi connectivity index (χ1v) is 8.61. The zero-order valence-electron chi connectivity index (χ0n) is 14.5. The van der Waals surface area contributed by atoms with Crippen molar-refractivity contribution in [1.29, 1.82) is 0 Å². The first-order valence-electron chi connectivity index (χ1n) is 8.23. The van der Waals surface area contributed by atoms with Crippen LogP contribution in [0.5, 0.6) is 0 Å². The number of carbonyl (C=O) groups excluding carboxylic acids is 1. The van der Waals surface area contributed by atoms with Gasteiger partial charge in [-0.05, 0) is 35.9 Å². The number of hydrogen-bond donors (Lipinski definition) is 2. The molecule has 0 heterocycles. The maximum absolute atomic E-state index is 12.3. The molecular formula is C20H15ClN4O3. The molecule has 7 nitrogen and oxygen atoms in total. The van der Waals surface area contributed by atoms with Crippen molar-refractivity contribution in [2.24, 2.45) is 5.10 Å². The van der Waals surface area contributed by atoms with Crippen molar-refractivity contribution in [1.82, 2.24) is 0 Å². The van der Waals surface area contributed by atoms with Gasteiger partial charge in [0.1, 0.15) is 5.69 Å². The van der Waals surface area contributed by atoms with Crippen LogP contribution in [0.15, 0.2) is 77.9 Å². The number of para-hydroxylation sites is 2. The van der Waals surface area contributed by atoms with Gasteiger partial charge in [-0.15, -0.1) is 0 Å². The highest BCUT2D eigenvalue weighted by Gasteiger charge is 2.11. The molecule has 3 rings (SSSR count). The van der Waals surface area contributed by atoms with Crippen LogP contribution < -0.4 is 10.7 Å². The van der Waals surface area contributed by atoms with E-state index in [0.717, 1.165) is 0 Å². The van der Waals surface area contributed by atoms with Crippen LogP contribution in [0.1, 0.15) is 15.9 Å². The van der Waals surface area contributed by atoms with Crippen molar-refractivity contribution < 1.29 is 9.72 Å². The van der Waals surface area contributed by atoms with E-state index >= 15 is 0 Å². The summed E-state index contributed by atoms with van der Waals surface area (Å²) in [5, 5.41) is 18.2. The number of halogens is 1. The number of nitrogens with one attached hydrogen (secondary N) is 2. The summed E-state index contributed by atoms with van der Waals surface area (Å²) in [6.45, 7) is 0. The Bertz CT molecular complexity index is 1050. The summed E-state index contributed by atoms with van der Waals surface area (Å²) < 4.78 is 0. The third kappa shape index (κ3) is 4.72. The number of rotatable bonds is 6. The first-order chi connectivity index (χ1) is 13.5. The zero-order valence-corrected chi connectivity index (χ0v) is 15.3. The molecule has 140 valence electrons. The molecule has 2 N–H and O–H groups in total. The second-order valence-electron chi connectivity index (χ2n) is 5.70. The molecule has 28 heavy (non-hydrogen) atoms. The van der Waals surface area contributed by atoms with Crippen LogP contribution in [-0.2, 0) is 0 Å². The Labute approximate surface area is 165 Å². The van der Waals surface area contributed by atoms with E-state index in [1.807, 2.05) is 0 Å². The lowest BCUT2D eigenvalue weighted by Gasteiger charge is -2.07. The lowest BCUT2D eigenvalue weighted by atomic mass is 10.2. The third-order valence-electron chi connectivity index (χ3n) is 3.76. The molecule has 1 amide bonds. The fourth-order valence-corrected chi connectivity index (χ4v) is 2.67. The Kier molecular flexibility index (Phi) is 5.98. The van der Waals surface area contributed by atoms with E-state index in [9.17, 15) is 14.9 Å². The van der Waals surface area contributed by atoms with Crippen molar-refractivity contribution in [3.63, 3.8) is 0 Å². The van der Waals surface area contributed by atoms with Gasteiger partial charge in [-0.1, -0.05) is 48.0 Å². The van der Waals surface area contributed by atoms with Gasteiger partial charge in [0, 0.05) is 11.8 Å². The monoisotopic (exact) mass is 394 g/mol. The van der Waals surface area contributed by atoms with E-state index in [2.05, 4.69) is 15.8 Å². The Balaban J connectivity index is 1.70. The molecule has 0 fully saturated rings. The second kappa shape index (κ2) is 8.79. The summed E-state index contributed by atoms with van der Waals surface area (Å²) in [4.78, 5) is 22.9. The van der Waals surface area contributed by atoms with Gasteiger partial charge in [0.05, 0.1) is 21.7 Å². The molecule has 0 radical (unpaired) electrons. The van der Waals surface area contributed by atoms with Crippen LogP contribution in [0.4, 0.5) is 17.1 Å². The van der Waals surface area contributed by atoms with Gasteiger partial charge in [-0.2, -0.15) is 5.10 Å². The van der Waals surface area contributed by atoms with Gasteiger partial charge in [0.15, 0.2) is 0 Å². The Morgan fingerprint density at radius 1 is 1.04 bits per heavy atom. The fraction of sp³-hybridized carbons (Fsp3) is 0. The quantitative estimate of drug-likeness (QED) is 0.351. The lowest BCUT2D eigenvalue weighted by molar-refractivity contribution is -0.384. The van der Waals surface area contributed by atoms with E-state index < -0.39 is 4.92 Å². The average Bonchev–Trinajstić information content (AvgIpc) is 2.69. The molecule has 0 unspecified atom stereocenters. The molecule has 8 heteroatoms. The third-order valence-corrected chi connectivity index (χ3v) is 4.09. The standard InChI is InChI=1S/C20H15ClN4O3/c21-17-9-2-1-8-16(17)20(26)23-15-7-5-6-14(12-15)13-22-24-18-10-3-4-11-19(18)25(27)28/h1-13,24H,(H,23,26)/b22-13-. The lowest BCUT2D eigenvalue weighted by Crippen LogP contribution is -2.12. The number of nitrogens with zero attached hydrogens (tertiary/aromatic N) is 2. The van der Waals surface area contributed by atoms with E-state index in [-0.39, 0.29) is 17.3 Å². The predicted molar refractivity (Wildman–Crippen MR) is 110 cm³/mol. The number of anilines is 2. The molecule has 0 aliphatic heterocycles. The van der Waals surface area contributed by atoms with Crippen molar-refractivity contribution in [2.75, 3.05) is 10.7 Å². The van der Waals surface area contributed by atoms with Crippen LogP contribution in [0.25, 0.3) is 0 Å². The first kappa shape index (κ1) is 19.1. The topological polar surface area (TPSA) is 96.6 Å². The summed E-state index contributed by atoms with van der Waals surface area (Å²) >= 11 is 6.04. The number of nitro groups is 1. The molecule has 0 bridgehead atoms. The second-order valence-corrected chi connectivity index (χ2v) is 6.11. The molecule has 0 aromatic heterocycles. The number of hydrazone groups is 1. The molecule has 0 atom stereocenters. The molecule has 0 spiro atoms. The van der Waals surface area contributed by atoms with E-state index in [1.165, 1.54) is 12.3 Å². The van der Waals surface area contributed by atoms with E-state index in [1.54, 1.807) is 66.7 Å². The Morgan fingerprint density at radius 2 is 1.79 bits per heavy atom. The Hall–Kier alpha value is -3.71. The molecule has 3 aromatic rings. The number of hydrogen-bond acceptors (Lipinski definition) is 5. The van der Waals surface area contributed by atoms with Gasteiger partial charge < -0.3 is 5.32 Å². The Morgan fingerprint density at radius 3 is 2.57 bits per heavy atom. The minimum atomic E-state index is -0.483. The van der Waals surface area contributed by atoms with Crippen LogP contribution >= 0.6 is 11.6 Å². The maximum Gasteiger partial charge on any atom is 0.294 e. The van der Waals surface area contributed by atoms with Crippen molar-refractivity contribution in [3.05, 3.63) is 99.1 Å². The average molecular weight is 395 g/mol. The SMILES string of the molecule is O=C(Nc1cccc(/C=N\Nc2ccccc2[N+](=O)[O-])c1)c1ccccc1Cl. The smallest absolute Gasteiger partial charge is 0.294 e. The van der Waals surface area contributed by atoms with E-state index in [4.69, 9.17) is 11.6 Å². The van der Waals surface area contributed by atoms with Gasteiger partial charge in [0.2, 0.25) is 0 Å². The highest BCUT2D eigenvalue weighted by Crippen LogP contribution is 2.23. The molecule has 0 saturated carbocycles. The van der Waals surface area contributed by atoms with Gasteiger partial charge >= 0.3 is 0 Å². The summed E-state index contributed by atoms with van der Waals surface area (Å²) in [6, 6.07) is 20.0. The van der Waals surface area contributed by atoms with Crippen molar-refractivity contribution in [2.45, 2.75) is 0 Å². The minimum Gasteiger partial charge on any atom is -0.322 e. The predicted octanol–water partition coefficient (Wildman–Crippen LogP) is 4.95. The fourth-order valence-electron chi connectivity index (χ4n) is 2.44. The summed E-state index contributed by atoms with van der Waals surface area (Å²) in [5.41, 5.74) is 4.52. The highest BCUT2D eigenvalue weighted by molar-refractivity contribution is 6.34. The largest absolute Gasteiger partial charge is 0.322 e. The number of amides is 1. The maximum atomic E-state index is 12.3. The van der Waals surface area contributed by atoms with Gasteiger partial charge in [-0.25, -0.2) is 0 Å². The van der Waals surface area contributed by atoms with Crippen molar-refractivity contribution in [3.8, 4) is 0 Å².